The van der Waals surface area contributed by atoms with Gasteiger partial charge < -0.3 is 10.6 Å². The Morgan fingerprint density at radius 2 is 1.67 bits per heavy atom. The van der Waals surface area contributed by atoms with E-state index in [0.29, 0.717) is 0 Å². The van der Waals surface area contributed by atoms with Crippen LogP contribution in [0.15, 0.2) is 6.33 Å². The zero-order chi connectivity index (χ0) is 15.1. The fourth-order valence-corrected chi connectivity index (χ4v) is 3.06. The minimum atomic E-state index is 0.897. The molecule has 1 aliphatic carbocycles. The van der Waals surface area contributed by atoms with Crippen LogP contribution in [-0.4, -0.2) is 23.1 Å². The van der Waals surface area contributed by atoms with E-state index in [0.717, 1.165) is 48.5 Å². The summed E-state index contributed by atoms with van der Waals surface area (Å²) in [6.07, 6.45) is 9.62. The number of aromatic nitrogens is 2. The molecule has 0 spiro atoms. The zero-order valence-electron chi connectivity index (χ0n) is 13.8. The summed E-state index contributed by atoms with van der Waals surface area (Å²) in [5, 5.41) is 6.85. The average molecular weight is 290 g/mol. The highest BCUT2D eigenvalue weighted by molar-refractivity contribution is 5.56. The van der Waals surface area contributed by atoms with Crippen LogP contribution in [0.4, 0.5) is 11.6 Å². The molecule has 1 aliphatic rings. The van der Waals surface area contributed by atoms with Gasteiger partial charge in [-0.2, -0.15) is 0 Å². The van der Waals surface area contributed by atoms with Gasteiger partial charge in [-0.3, -0.25) is 0 Å². The molecule has 21 heavy (non-hydrogen) atoms. The SMILES string of the molecule is CCCNc1ncnc(NCCC2CCC(C)CC2)c1C. The molecule has 4 nitrogen and oxygen atoms in total. The minimum absolute atomic E-state index is 0.897. The van der Waals surface area contributed by atoms with E-state index in [1.165, 1.54) is 32.1 Å². The monoisotopic (exact) mass is 290 g/mol. The van der Waals surface area contributed by atoms with Gasteiger partial charge in [-0.1, -0.05) is 39.5 Å². The number of hydrogen-bond donors (Lipinski definition) is 2. The molecule has 0 atom stereocenters. The van der Waals surface area contributed by atoms with Crippen molar-refractivity contribution in [1.29, 1.82) is 0 Å². The predicted octanol–water partition coefficient (Wildman–Crippen LogP) is 4.24. The van der Waals surface area contributed by atoms with Crippen molar-refractivity contribution in [3.05, 3.63) is 11.9 Å². The molecule has 1 saturated carbocycles. The lowest BCUT2D eigenvalue weighted by Crippen LogP contribution is -2.16. The minimum Gasteiger partial charge on any atom is -0.370 e. The van der Waals surface area contributed by atoms with Crippen LogP contribution in [0.5, 0.6) is 0 Å². The van der Waals surface area contributed by atoms with Crippen LogP contribution in [0, 0.1) is 18.8 Å². The molecule has 2 rings (SSSR count). The van der Waals surface area contributed by atoms with Gasteiger partial charge in [0.05, 0.1) is 0 Å². The normalized spacial score (nSPS) is 22.0. The van der Waals surface area contributed by atoms with Gasteiger partial charge in [0.25, 0.3) is 0 Å². The van der Waals surface area contributed by atoms with Crippen LogP contribution in [-0.2, 0) is 0 Å². The molecule has 2 N–H and O–H groups in total. The molecule has 0 aliphatic heterocycles. The van der Waals surface area contributed by atoms with Crippen molar-refractivity contribution in [3.8, 4) is 0 Å². The fourth-order valence-electron chi connectivity index (χ4n) is 3.06. The van der Waals surface area contributed by atoms with E-state index >= 15 is 0 Å². The quantitative estimate of drug-likeness (QED) is 0.789. The van der Waals surface area contributed by atoms with Gasteiger partial charge in [0, 0.05) is 18.7 Å². The third kappa shape index (κ3) is 4.87. The fraction of sp³-hybridized carbons (Fsp3) is 0.765. The molecular formula is C17H30N4. The molecule has 1 aromatic heterocycles. The topological polar surface area (TPSA) is 49.8 Å². The van der Waals surface area contributed by atoms with Crippen LogP contribution in [0.2, 0.25) is 0 Å². The lowest BCUT2D eigenvalue weighted by molar-refractivity contribution is 0.282. The first kappa shape index (κ1) is 16.1. The van der Waals surface area contributed by atoms with Crippen LogP contribution in [0.3, 0.4) is 0 Å². The van der Waals surface area contributed by atoms with Crippen LogP contribution in [0.25, 0.3) is 0 Å². The van der Waals surface area contributed by atoms with E-state index in [1.807, 2.05) is 0 Å². The smallest absolute Gasteiger partial charge is 0.134 e. The molecule has 0 amide bonds. The van der Waals surface area contributed by atoms with Crippen LogP contribution >= 0.6 is 0 Å². The van der Waals surface area contributed by atoms with Crippen molar-refractivity contribution < 1.29 is 0 Å². The van der Waals surface area contributed by atoms with Crippen molar-refractivity contribution in [2.24, 2.45) is 11.8 Å². The summed E-state index contributed by atoms with van der Waals surface area (Å²) >= 11 is 0. The second kappa shape index (κ2) is 8.20. The second-order valence-corrected chi connectivity index (χ2v) is 6.46. The van der Waals surface area contributed by atoms with E-state index in [4.69, 9.17) is 0 Å². The Balaban J connectivity index is 1.80. The first-order chi connectivity index (χ1) is 10.2. The lowest BCUT2D eigenvalue weighted by Gasteiger charge is -2.26. The summed E-state index contributed by atoms with van der Waals surface area (Å²) in [4.78, 5) is 8.70. The van der Waals surface area contributed by atoms with Gasteiger partial charge in [-0.15, -0.1) is 0 Å². The summed E-state index contributed by atoms with van der Waals surface area (Å²) in [6.45, 7) is 8.60. The second-order valence-electron chi connectivity index (χ2n) is 6.46. The highest BCUT2D eigenvalue weighted by Gasteiger charge is 2.17. The Labute approximate surface area is 129 Å². The standard InChI is InChI=1S/C17H30N4/c1-4-10-18-16-14(3)17(21-12-20-16)19-11-9-15-7-5-13(2)6-8-15/h12-13,15H,4-11H2,1-3H3,(H2,18,19,20,21). The summed E-state index contributed by atoms with van der Waals surface area (Å²) in [6, 6.07) is 0. The van der Waals surface area contributed by atoms with E-state index in [9.17, 15) is 0 Å². The molecule has 1 heterocycles. The summed E-state index contributed by atoms with van der Waals surface area (Å²) in [5.41, 5.74) is 1.13. The van der Waals surface area contributed by atoms with Gasteiger partial charge in [0.1, 0.15) is 18.0 Å². The Morgan fingerprint density at radius 3 is 2.29 bits per heavy atom. The van der Waals surface area contributed by atoms with Crippen LogP contribution < -0.4 is 10.6 Å². The number of hydrogen-bond acceptors (Lipinski definition) is 4. The largest absolute Gasteiger partial charge is 0.370 e. The predicted molar refractivity (Wildman–Crippen MR) is 89.8 cm³/mol. The maximum atomic E-state index is 4.38. The molecule has 0 saturated heterocycles. The number of rotatable bonds is 7. The Morgan fingerprint density at radius 1 is 1.05 bits per heavy atom. The average Bonchev–Trinajstić information content (AvgIpc) is 2.50. The van der Waals surface area contributed by atoms with E-state index in [-0.39, 0.29) is 0 Å². The molecular weight excluding hydrogens is 260 g/mol. The van der Waals surface area contributed by atoms with Gasteiger partial charge in [0.2, 0.25) is 0 Å². The van der Waals surface area contributed by atoms with Crippen LogP contribution in [0.1, 0.15) is 57.9 Å². The van der Waals surface area contributed by atoms with Gasteiger partial charge >= 0.3 is 0 Å². The Bertz CT molecular complexity index is 425. The maximum Gasteiger partial charge on any atom is 0.134 e. The van der Waals surface area contributed by atoms with Gasteiger partial charge in [-0.05, 0) is 31.6 Å². The molecule has 118 valence electrons. The molecule has 0 unspecified atom stereocenters. The van der Waals surface area contributed by atoms with Gasteiger partial charge in [-0.25, -0.2) is 9.97 Å². The number of nitrogens with one attached hydrogen (secondary N) is 2. The van der Waals surface area contributed by atoms with Crippen molar-refractivity contribution >= 4 is 11.6 Å². The highest BCUT2D eigenvalue weighted by atomic mass is 15.1. The first-order valence-corrected chi connectivity index (χ1v) is 8.50. The summed E-state index contributed by atoms with van der Waals surface area (Å²) in [7, 11) is 0. The summed E-state index contributed by atoms with van der Waals surface area (Å²) < 4.78 is 0. The molecule has 0 bridgehead atoms. The molecule has 4 heteroatoms. The Kier molecular flexibility index (Phi) is 6.27. The number of anilines is 2. The number of nitrogens with zero attached hydrogens (tertiary/aromatic N) is 2. The first-order valence-electron chi connectivity index (χ1n) is 8.50. The molecule has 0 radical (unpaired) electrons. The molecule has 1 fully saturated rings. The van der Waals surface area contributed by atoms with Crippen molar-refractivity contribution in [1.82, 2.24) is 9.97 Å². The van der Waals surface area contributed by atoms with E-state index < -0.39 is 0 Å². The lowest BCUT2D eigenvalue weighted by atomic mass is 9.81. The highest BCUT2D eigenvalue weighted by Crippen LogP contribution is 2.30. The zero-order valence-corrected chi connectivity index (χ0v) is 13.8. The molecule has 1 aromatic rings. The van der Waals surface area contributed by atoms with Crippen molar-refractivity contribution in [2.75, 3.05) is 23.7 Å². The van der Waals surface area contributed by atoms with Gasteiger partial charge in [0.15, 0.2) is 0 Å². The molecule has 0 aromatic carbocycles. The summed E-state index contributed by atoms with van der Waals surface area (Å²) in [5.74, 6) is 3.77. The maximum absolute atomic E-state index is 4.38. The third-order valence-electron chi connectivity index (χ3n) is 4.61. The third-order valence-corrected chi connectivity index (χ3v) is 4.61. The Hall–Kier alpha value is -1.32. The van der Waals surface area contributed by atoms with E-state index in [1.54, 1.807) is 6.33 Å². The van der Waals surface area contributed by atoms with Crippen molar-refractivity contribution in [2.45, 2.75) is 59.3 Å². The van der Waals surface area contributed by atoms with Crippen molar-refractivity contribution in [3.63, 3.8) is 0 Å². The van der Waals surface area contributed by atoms with E-state index in [2.05, 4.69) is 41.4 Å².